The summed E-state index contributed by atoms with van der Waals surface area (Å²) in [6, 6.07) is 20.2. The first kappa shape index (κ1) is 22.7. The van der Waals surface area contributed by atoms with Crippen LogP contribution in [0.25, 0.3) is 0 Å². The average Bonchev–Trinajstić information content (AvgIpc) is 2.78. The molecule has 0 fully saturated rings. The lowest BCUT2D eigenvalue weighted by Gasteiger charge is -2.05. The smallest absolute Gasteiger partial charge is 0.343 e. The molecule has 8 heteroatoms. The van der Waals surface area contributed by atoms with Gasteiger partial charge in [-0.15, -0.1) is 0 Å². The van der Waals surface area contributed by atoms with Crippen molar-refractivity contribution in [2.24, 2.45) is 5.10 Å². The van der Waals surface area contributed by atoms with Gasteiger partial charge in [-0.05, 0) is 67.1 Å². The predicted molar refractivity (Wildman–Crippen MR) is 122 cm³/mol. The van der Waals surface area contributed by atoms with Crippen molar-refractivity contribution in [2.75, 3.05) is 6.54 Å². The number of amides is 2. The monoisotopic (exact) mass is 449 g/mol. The Balaban J connectivity index is 1.45. The zero-order valence-corrected chi connectivity index (χ0v) is 17.9. The summed E-state index contributed by atoms with van der Waals surface area (Å²) in [5.41, 5.74) is 4.81. The number of carbonyl (C=O) groups excluding carboxylic acids is 3. The van der Waals surface area contributed by atoms with Crippen molar-refractivity contribution in [1.82, 2.24) is 10.7 Å². The number of rotatable bonds is 7. The Bertz CT molecular complexity index is 1160. The number of ether oxygens (including phenoxy) is 1. The van der Waals surface area contributed by atoms with Gasteiger partial charge >= 0.3 is 5.97 Å². The SMILES string of the molecule is Cc1cccc(C(=O)Oc2ccc(/C=N\NC(=O)CNC(=O)c3cccc(Cl)c3)cc2)c1. The minimum Gasteiger partial charge on any atom is -0.423 e. The highest BCUT2D eigenvalue weighted by Gasteiger charge is 2.09. The van der Waals surface area contributed by atoms with E-state index in [0.717, 1.165) is 5.56 Å². The van der Waals surface area contributed by atoms with Gasteiger partial charge in [-0.3, -0.25) is 9.59 Å². The van der Waals surface area contributed by atoms with E-state index >= 15 is 0 Å². The van der Waals surface area contributed by atoms with Crippen molar-refractivity contribution in [3.8, 4) is 5.75 Å². The van der Waals surface area contributed by atoms with Crippen LogP contribution in [-0.2, 0) is 4.79 Å². The van der Waals surface area contributed by atoms with E-state index in [0.29, 0.717) is 27.5 Å². The van der Waals surface area contributed by atoms with E-state index in [1.165, 1.54) is 12.3 Å². The number of nitrogens with zero attached hydrogens (tertiary/aromatic N) is 1. The van der Waals surface area contributed by atoms with Gasteiger partial charge in [-0.25, -0.2) is 10.2 Å². The molecule has 0 radical (unpaired) electrons. The third-order valence-corrected chi connectivity index (χ3v) is 4.48. The molecule has 32 heavy (non-hydrogen) atoms. The molecule has 0 aliphatic heterocycles. The van der Waals surface area contributed by atoms with Crippen molar-refractivity contribution in [1.29, 1.82) is 0 Å². The molecule has 0 unspecified atom stereocenters. The molecule has 162 valence electrons. The third kappa shape index (κ3) is 6.78. The molecule has 3 aromatic carbocycles. The van der Waals surface area contributed by atoms with Gasteiger partial charge in [0.15, 0.2) is 0 Å². The lowest BCUT2D eigenvalue weighted by molar-refractivity contribution is -0.120. The number of benzene rings is 3. The molecule has 0 aromatic heterocycles. The maximum Gasteiger partial charge on any atom is 0.343 e. The molecule has 0 saturated carbocycles. The molecule has 2 amide bonds. The highest BCUT2D eigenvalue weighted by molar-refractivity contribution is 6.31. The van der Waals surface area contributed by atoms with Crippen LogP contribution < -0.4 is 15.5 Å². The molecule has 0 spiro atoms. The summed E-state index contributed by atoms with van der Waals surface area (Å²) in [6.45, 7) is 1.66. The van der Waals surface area contributed by atoms with Crippen LogP contribution in [0.5, 0.6) is 5.75 Å². The van der Waals surface area contributed by atoms with Crippen LogP contribution in [0, 0.1) is 6.92 Å². The molecule has 0 aliphatic rings. The van der Waals surface area contributed by atoms with Crippen molar-refractivity contribution in [2.45, 2.75) is 6.92 Å². The topological polar surface area (TPSA) is 96.9 Å². The Kier molecular flexibility index (Phi) is 7.72. The standard InChI is InChI=1S/C24H20ClN3O4/c1-16-4-2-6-19(12-16)24(31)32-21-10-8-17(9-11-21)14-27-28-22(29)15-26-23(30)18-5-3-7-20(25)13-18/h2-14H,15H2,1H3,(H,26,30)(H,28,29)/b27-14-. The molecule has 0 aliphatic carbocycles. The molecule has 0 bridgehead atoms. The van der Waals surface area contributed by atoms with Crippen LogP contribution in [0.2, 0.25) is 5.02 Å². The fourth-order valence-corrected chi connectivity index (χ4v) is 2.86. The van der Waals surface area contributed by atoms with Crippen molar-refractivity contribution >= 4 is 35.6 Å². The van der Waals surface area contributed by atoms with E-state index in [2.05, 4.69) is 15.8 Å². The minimum absolute atomic E-state index is 0.240. The van der Waals surface area contributed by atoms with Gasteiger partial charge in [0.1, 0.15) is 5.75 Å². The summed E-state index contributed by atoms with van der Waals surface area (Å²) in [7, 11) is 0. The van der Waals surface area contributed by atoms with Gasteiger partial charge in [-0.1, -0.05) is 35.4 Å². The Labute approximate surface area is 190 Å². The number of hydrogen-bond donors (Lipinski definition) is 2. The van der Waals surface area contributed by atoms with Gasteiger partial charge in [-0.2, -0.15) is 5.10 Å². The van der Waals surface area contributed by atoms with Crippen molar-refractivity contribution in [3.05, 3.63) is 100 Å². The average molecular weight is 450 g/mol. The largest absolute Gasteiger partial charge is 0.423 e. The molecule has 3 rings (SSSR count). The van der Waals surface area contributed by atoms with Crippen LogP contribution in [0.3, 0.4) is 0 Å². The molecule has 2 N–H and O–H groups in total. The highest BCUT2D eigenvalue weighted by atomic mass is 35.5. The molecule has 0 saturated heterocycles. The maximum absolute atomic E-state index is 12.2. The van der Waals surface area contributed by atoms with Gasteiger partial charge in [0, 0.05) is 10.6 Å². The van der Waals surface area contributed by atoms with Crippen LogP contribution >= 0.6 is 11.6 Å². The van der Waals surface area contributed by atoms with E-state index in [1.807, 2.05) is 13.0 Å². The molecule has 0 atom stereocenters. The number of nitrogens with one attached hydrogen (secondary N) is 2. The van der Waals surface area contributed by atoms with Crippen LogP contribution in [0.4, 0.5) is 0 Å². The first-order valence-corrected chi connectivity index (χ1v) is 10.0. The summed E-state index contributed by atoms with van der Waals surface area (Å²) in [4.78, 5) is 36.0. The van der Waals surface area contributed by atoms with E-state index in [-0.39, 0.29) is 6.54 Å². The fraction of sp³-hybridized carbons (Fsp3) is 0.0833. The number of carbonyl (C=O) groups is 3. The number of halogens is 1. The Morgan fingerprint density at radius 1 is 0.969 bits per heavy atom. The third-order valence-electron chi connectivity index (χ3n) is 4.24. The van der Waals surface area contributed by atoms with E-state index in [4.69, 9.17) is 16.3 Å². The summed E-state index contributed by atoms with van der Waals surface area (Å²) in [5, 5.41) is 6.77. The lowest BCUT2D eigenvalue weighted by atomic mass is 10.1. The first-order valence-electron chi connectivity index (χ1n) is 9.65. The van der Waals surface area contributed by atoms with Gasteiger partial charge < -0.3 is 10.1 Å². The van der Waals surface area contributed by atoms with Crippen LogP contribution in [0.1, 0.15) is 31.8 Å². The number of hydrogen-bond acceptors (Lipinski definition) is 5. The van der Waals surface area contributed by atoms with Gasteiger partial charge in [0.05, 0.1) is 18.3 Å². The Morgan fingerprint density at radius 3 is 2.41 bits per heavy atom. The quantitative estimate of drug-likeness (QED) is 0.248. The molecular weight excluding hydrogens is 430 g/mol. The lowest BCUT2D eigenvalue weighted by Crippen LogP contribution is -2.34. The second kappa shape index (κ2) is 10.9. The second-order valence-corrected chi connectivity index (χ2v) is 7.25. The summed E-state index contributed by atoms with van der Waals surface area (Å²) in [5.74, 6) is -0.952. The fourth-order valence-electron chi connectivity index (χ4n) is 2.67. The summed E-state index contributed by atoms with van der Waals surface area (Å²) in [6.07, 6.45) is 1.43. The van der Waals surface area contributed by atoms with Crippen LogP contribution in [0.15, 0.2) is 77.9 Å². The first-order chi connectivity index (χ1) is 15.4. The van der Waals surface area contributed by atoms with Gasteiger partial charge in [0.2, 0.25) is 0 Å². The maximum atomic E-state index is 12.2. The van der Waals surface area contributed by atoms with Gasteiger partial charge in [0.25, 0.3) is 11.8 Å². The zero-order valence-electron chi connectivity index (χ0n) is 17.2. The molecule has 7 nitrogen and oxygen atoms in total. The number of esters is 1. The van der Waals surface area contributed by atoms with E-state index in [1.54, 1.807) is 60.7 Å². The zero-order chi connectivity index (χ0) is 22.9. The molecule has 0 heterocycles. The number of hydrazone groups is 1. The molecular formula is C24H20ClN3O4. The van der Waals surface area contributed by atoms with Crippen molar-refractivity contribution in [3.63, 3.8) is 0 Å². The minimum atomic E-state index is -0.486. The van der Waals surface area contributed by atoms with Crippen LogP contribution in [-0.4, -0.2) is 30.5 Å². The Morgan fingerprint density at radius 2 is 1.69 bits per heavy atom. The van der Waals surface area contributed by atoms with Crippen molar-refractivity contribution < 1.29 is 19.1 Å². The second-order valence-electron chi connectivity index (χ2n) is 6.81. The summed E-state index contributed by atoms with van der Waals surface area (Å²) < 4.78 is 5.35. The predicted octanol–water partition coefficient (Wildman–Crippen LogP) is 3.75. The normalized spacial score (nSPS) is 10.6. The van der Waals surface area contributed by atoms with E-state index in [9.17, 15) is 14.4 Å². The summed E-state index contributed by atoms with van der Waals surface area (Å²) >= 11 is 5.84. The highest BCUT2D eigenvalue weighted by Crippen LogP contribution is 2.14. The molecule has 3 aromatic rings. The van der Waals surface area contributed by atoms with E-state index < -0.39 is 17.8 Å². The number of aryl methyl sites for hydroxylation is 1. The Hall–Kier alpha value is -3.97.